The lowest BCUT2D eigenvalue weighted by Crippen LogP contribution is -2.03. The molecule has 0 saturated heterocycles. The minimum absolute atomic E-state index is 0.237. The van der Waals surface area contributed by atoms with Crippen LogP contribution in [0.3, 0.4) is 0 Å². The molecule has 3 aromatic rings. The Labute approximate surface area is 108 Å². The minimum atomic E-state index is -0.237. The predicted molar refractivity (Wildman–Crippen MR) is 69.1 cm³/mol. The standard InChI is InChI=1S/C13H12FN5/c1-8-10(6-9-2-4-11(14)5-3-9)7-12-16-17-13(15)19(12)18-8/h2-5,7H,6H2,1H3,(H2,15,17). The third kappa shape index (κ3) is 2.12. The van der Waals surface area contributed by atoms with Crippen LogP contribution in [-0.2, 0) is 6.42 Å². The summed E-state index contributed by atoms with van der Waals surface area (Å²) in [6, 6.07) is 8.32. The summed E-state index contributed by atoms with van der Waals surface area (Å²) in [5, 5.41) is 12.1. The first-order valence-corrected chi connectivity index (χ1v) is 5.85. The molecule has 0 amide bonds. The van der Waals surface area contributed by atoms with E-state index in [1.54, 1.807) is 12.1 Å². The van der Waals surface area contributed by atoms with E-state index in [9.17, 15) is 4.39 Å². The zero-order valence-corrected chi connectivity index (χ0v) is 10.3. The third-order valence-corrected chi connectivity index (χ3v) is 3.01. The molecule has 96 valence electrons. The Morgan fingerprint density at radius 2 is 1.95 bits per heavy atom. The molecule has 6 heteroatoms. The Hall–Kier alpha value is -2.50. The highest BCUT2D eigenvalue weighted by Gasteiger charge is 2.08. The Morgan fingerprint density at radius 1 is 1.21 bits per heavy atom. The number of benzene rings is 1. The average Bonchev–Trinajstić information content (AvgIpc) is 2.74. The normalized spacial score (nSPS) is 11.1. The van der Waals surface area contributed by atoms with E-state index in [0.29, 0.717) is 12.1 Å². The van der Waals surface area contributed by atoms with Crippen LogP contribution in [0.25, 0.3) is 5.65 Å². The molecule has 1 aromatic carbocycles. The van der Waals surface area contributed by atoms with Crippen molar-refractivity contribution in [3.05, 3.63) is 53.0 Å². The number of nitrogen functional groups attached to an aromatic ring is 1. The molecular formula is C13H12FN5. The van der Waals surface area contributed by atoms with E-state index in [1.807, 2.05) is 13.0 Å². The fourth-order valence-electron chi connectivity index (χ4n) is 1.97. The summed E-state index contributed by atoms with van der Waals surface area (Å²) in [5.74, 6) is 0.0331. The van der Waals surface area contributed by atoms with Crippen LogP contribution in [0.1, 0.15) is 16.8 Å². The van der Waals surface area contributed by atoms with Gasteiger partial charge >= 0.3 is 0 Å². The SMILES string of the molecule is Cc1nn2c(N)nnc2cc1Cc1ccc(F)cc1. The highest BCUT2D eigenvalue weighted by atomic mass is 19.1. The molecule has 2 heterocycles. The summed E-state index contributed by atoms with van der Waals surface area (Å²) in [7, 11) is 0. The molecule has 0 aliphatic heterocycles. The van der Waals surface area contributed by atoms with Crippen molar-refractivity contribution in [1.82, 2.24) is 19.8 Å². The highest BCUT2D eigenvalue weighted by molar-refractivity contribution is 5.46. The molecule has 5 nitrogen and oxygen atoms in total. The van der Waals surface area contributed by atoms with E-state index in [4.69, 9.17) is 5.73 Å². The number of halogens is 1. The van der Waals surface area contributed by atoms with Crippen LogP contribution in [0.5, 0.6) is 0 Å². The monoisotopic (exact) mass is 257 g/mol. The van der Waals surface area contributed by atoms with E-state index in [1.165, 1.54) is 16.6 Å². The topological polar surface area (TPSA) is 69.1 Å². The number of aromatic nitrogens is 4. The van der Waals surface area contributed by atoms with Crippen LogP contribution >= 0.6 is 0 Å². The first-order chi connectivity index (χ1) is 9.13. The van der Waals surface area contributed by atoms with Gasteiger partial charge in [0, 0.05) is 0 Å². The molecule has 0 fully saturated rings. The van der Waals surface area contributed by atoms with E-state index in [0.717, 1.165) is 16.8 Å². The second kappa shape index (κ2) is 4.31. The second-order valence-electron chi connectivity index (χ2n) is 4.39. The molecule has 3 rings (SSSR count). The van der Waals surface area contributed by atoms with Gasteiger partial charge in [0.25, 0.3) is 0 Å². The van der Waals surface area contributed by atoms with Gasteiger partial charge in [-0.3, -0.25) is 0 Å². The first-order valence-electron chi connectivity index (χ1n) is 5.85. The van der Waals surface area contributed by atoms with Crippen LogP contribution in [0, 0.1) is 12.7 Å². The number of anilines is 1. The van der Waals surface area contributed by atoms with Gasteiger partial charge in [-0.15, -0.1) is 10.2 Å². The van der Waals surface area contributed by atoms with Crippen molar-refractivity contribution >= 4 is 11.6 Å². The van der Waals surface area contributed by atoms with Crippen molar-refractivity contribution < 1.29 is 4.39 Å². The van der Waals surface area contributed by atoms with Crippen LogP contribution in [0.2, 0.25) is 0 Å². The van der Waals surface area contributed by atoms with Gasteiger partial charge < -0.3 is 5.73 Å². The molecule has 0 radical (unpaired) electrons. The molecule has 2 aromatic heterocycles. The summed E-state index contributed by atoms with van der Waals surface area (Å²) in [5.41, 5.74) is 9.15. The third-order valence-electron chi connectivity index (χ3n) is 3.01. The molecule has 19 heavy (non-hydrogen) atoms. The summed E-state index contributed by atoms with van der Waals surface area (Å²) in [6.45, 7) is 1.90. The molecule has 0 bridgehead atoms. The van der Waals surface area contributed by atoms with Crippen LogP contribution < -0.4 is 5.73 Å². The highest BCUT2D eigenvalue weighted by Crippen LogP contribution is 2.15. The predicted octanol–water partition coefficient (Wildman–Crippen LogP) is 1.74. The maximum Gasteiger partial charge on any atom is 0.243 e. The van der Waals surface area contributed by atoms with Gasteiger partial charge in [0.2, 0.25) is 5.95 Å². The number of rotatable bonds is 2. The minimum Gasteiger partial charge on any atom is -0.366 e. The molecule has 0 atom stereocenters. The van der Waals surface area contributed by atoms with Gasteiger partial charge in [0.05, 0.1) is 5.69 Å². The molecular weight excluding hydrogens is 245 g/mol. The van der Waals surface area contributed by atoms with Crippen molar-refractivity contribution in [1.29, 1.82) is 0 Å². The Balaban J connectivity index is 2.00. The zero-order valence-electron chi connectivity index (χ0n) is 10.3. The van der Waals surface area contributed by atoms with Gasteiger partial charge in [0.15, 0.2) is 5.65 Å². The summed E-state index contributed by atoms with van der Waals surface area (Å²) < 4.78 is 14.4. The summed E-state index contributed by atoms with van der Waals surface area (Å²) in [6.07, 6.45) is 0.669. The molecule has 0 spiro atoms. The van der Waals surface area contributed by atoms with Crippen LogP contribution in [0.15, 0.2) is 30.3 Å². The van der Waals surface area contributed by atoms with Gasteiger partial charge in [0.1, 0.15) is 5.82 Å². The largest absolute Gasteiger partial charge is 0.366 e. The first kappa shape index (κ1) is 11.6. The fourth-order valence-corrected chi connectivity index (χ4v) is 1.97. The van der Waals surface area contributed by atoms with Crippen molar-refractivity contribution in [2.24, 2.45) is 0 Å². The average molecular weight is 257 g/mol. The molecule has 0 aliphatic carbocycles. The van der Waals surface area contributed by atoms with E-state index < -0.39 is 0 Å². The quantitative estimate of drug-likeness (QED) is 0.759. The lowest BCUT2D eigenvalue weighted by atomic mass is 10.0. The number of hydrogen-bond acceptors (Lipinski definition) is 4. The van der Waals surface area contributed by atoms with E-state index in [2.05, 4.69) is 15.3 Å². The summed E-state index contributed by atoms with van der Waals surface area (Å²) >= 11 is 0. The van der Waals surface area contributed by atoms with Crippen molar-refractivity contribution in [3.63, 3.8) is 0 Å². The fraction of sp³-hybridized carbons (Fsp3) is 0.154. The van der Waals surface area contributed by atoms with E-state index in [-0.39, 0.29) is 11.8 Å². The number of fused-ring (bicyclic) bond motifs is 1. The summed E-state index contributed by atoms with van der Waals surface area (Å²) in [4.78, 5) is 0. The van der Waals surface area contributed by atoms with Gasteiger partial charge in [-0.1, -0.05) is 12.1 Å². The lowest BCUT2D eigenvalue weighted by Gasteiger charge is -2.06. The maximum absolute atomic E-state index is 12.9. The molecule has 0 unspecified atom stereocenters. The van der Waals surface area contributed by atoms with E-state index >= 15 is 0 Å². The lowest BCUT2D eigenvalue weighted by molar-refractivity contribution is 0.627. The van der Waals surface area contributed by atoms with Gasteiger partial charge in [-0.25, -0.2) is 4.39 Å². The van der Waals surface area contributed by atoms with Crippen LogP contribution in [-0.4, -0.2) is 19.8 Å². The van der Waals surface area contributed by atoms with Crippen molar-refractivity contribution in [2.45, 2.75) is 13.3 Å². The Bertz CT molecular complexity index is 733. The molecule has 0 aliphatic rings. The van der Waals surface area contributed by atoms with Crippen molar-refractivity contribution in [3.8, 4) is 0 Å². The number of hydrogen-bond donors (Lipinski definition) is 1. The molecule has 2 N–H and O–H groups in total. The smallest absolute Gasteiger partial charge is 0.243 e. The Morgan fingerprint density at radius 3 is 2.68 bits per heavy atom. The number of nitrogens with two attached hydrogens (primary N) is 1. The van der Waals surface area contributed by atoms with Crippen molar-refractivity contribution in [2.75, 3.05) is 5.73 Å². The molecule has 0 saturated carbocycles. The maximum atomic E-state index is 12.9. The second-order valence-corrected chi connectivity index (χ2v) is 4.39. The zero-order chi connectivity index (χ0) is 13.4. The van der Waals surface area contributed by atoms with Gasteiger partial charge in [-0.05, 0) is 42.7 Å². The van der Waals surface area contributed by atoms with Gasteiger partial charge in [-0.2, -0.15) is 9.61 Å². The Kier molecular flexibility index (Phi) is 2.63. The number of aryl methyl sites for hydroxylation is 1. The number of nitrogens with zero attached hydrogens (tertiary/aromatic N) is 4. The van der Waals surface area contributed by atoms with Crippen LogP contribution in [0.4, 0.5) is 10.3 Å².